The lowest BCUT2D eigenvalue weighted by molar-refractivity contribution is -0.301. The normalized spacial score (nSPS) is 18.4. The van der Waals surface area contributed by atoms with E-state index in [1.54, 1.807) is 0 Å². The SMILES string of the molecule is CCCC/C=C\CCCCCCCC(=O)OC1C(OCC(COC(=O)CCCCCCCCCCC/C=C\CCCCCCCC)OC(=O)CCCCCCC/C=C\C/C=C\CCCCC)OC(C(=O)O)C(O)C1O. The molecule has 6 atom stereocenters. The lowest BCUT2D eigenvalue weighted by atomic mass is 9.98. The number of esters is 3. The third-order valence-corrected chi connectivity index (χ3v) is 13.8. The van der Waals surface area contributed by atoms with Crippen LogP contribution in [-0.2, 0) is 42.9 Å². The summed E-state index contributed by atoms with van der Waals surface area (Å²) in [4.78, 5) is 51.1. The van der Waals surface area contributed by atoms with Gasteiger partial charge in [0.15, 0.2) is 24.6 Å². The molecule has 1 fully saturated rings. The molecule has 12 heteroatoms. The van der Waals surface area contributed by atoms with Crippen molar-refractivity contribution in [1.29, 1.82) is 0 Å². The molecule has 0 aromatic carbocycles. The quantitative estimate of drug-likeness (QED) is 0.0228. The van der Waals surface area contributed by atoms with Crippen LogP contribution in [0, 0.1) is 0 Å². The van der Waals surface area contributed by atoms with E-state index in [0.717, 1.165) is 103 Å². The summed E-state index contributed by atoms with van der Waals surface area (Å²) in [5.41, 5.74) is 0. The number of carboxylic acid groups (broad SMARTS) is 1. The number of aliphatic hydroxyl groups is 2. The van der Waals surface area contributed by atoms with Crippen LogP contribution < -0.4 is 0 Å². The Morgan fingerprint density at radius 3 is 1.28 bits per heavy atom. The second-order valence-electron chi connectivity index (χ2n) is 21.0. The predicted molar refractivity (Wildman–Crippen MR) is 303 cm³/mol. The van der Waals surface area contributed by atoms with Gasteiger partial charge in [-0.2, -0.15) is 0 Å². The first-order chi connectivity index (χ1) is 36.6. The molecular weight excluding hydrogens is 949 g/mol. The number of ether oxygens (including phenoxy) is 5. The number of unbranched alkanes of at least 4 members (excludes halogenated alkanes) is 30. The van der Waals surface area contributed by atoms with Crippen LogP contribution in [0.25, 0.3) is 0 Å². The highest BCUT2D eigenvalue weighted by Gasteiger charge is 2.50. The molecule has 6 unspecified atom stereocenters. The van der Waals surface area contributed by atoms with Crippen molar-refractivity contribution in [3.63, 3.8) is 0 Å². The summed E-state index contributed by atoms with van der Waals surface area (Å²) in [6.45, 7) is 5.92. The van der Waals surface area contributed by atoms with Gasteiger partial charge in [0.1, 0.15) is 18.8 Å². The molecule has 0 aromatic rings. The molecule has 0 bridgehead atoms. The molecule has 0 aliphatic carbocycles. The van der Waals surface area contributed by atoms with Crippen LogP contribution in [0.3, 0.4) is 0 Å². The van der Waals surface area contributed by atoms with Gasteiger partial charge in [-0.05, 0) is 96.3 Å². The minimum absolute atomic E-state index is 0.0490. The number of hydrogen-bond donors (Lipinski definition) is 3. The van der Waals surface area contributed by atoms with Crippen molar-refractivity contribution in [3.05, 3.63) is 48.6 Å². The predicted octanol–water partition coefficient (Wildman–Crippen LogP) is 15.8. The summed E-state index contributed by atoms with van der Waals surface area (Å²) in [5.74, 6) is -3.14. The van der Waals surface area contributed by atoms with Gasteiger partial charge in [-0.15, -0.1) is 0 Å². The number of allylic oxidation sites excluding steroid dienone is 8. The summed E-state index contributed by atoms with van der Waals surface area (Å²) in [6.07, 6.45) is 49.4. The second-order valence-corrected chi connectivity index (χ2v) is 21.0. The van der Waals surface area contributed by atoms with Crippen LogP contribution in [-0.4, -0.2) is 89.2 Å². The van der Waals surface area contributed by atoms with Gasteiger partial charge in [0.05, 0.1) is 6.61 Å². The minimum atomic E-state index is -1.91. The topological polar surface area (TPSA) is 175 Å². The van der Waals surface area contributed by atoms with Crippen molar-refractivity contribution >= 4 is 23.9 Å². The number of carbonyl (C=O) groups is 4. The summed E-state index contributed by atoms with van der Waals surface area (Å²) >= 11 is 0. The number of rotatable bonds is 52. The fourth-order valence-electron chi connectivity index (χ4n) is 9.08. The first-order valence-electron chi connectivity index (χ1n) is 30.6. The molecule has 1 aliphatic rings. The first kappa shape index (κ1) is 69.7. The van der Waals surface area contributed by atoms with Gasteiger partial charge in [0.25, 0.3) is 0 Å². The van der Waals surface area contributed by atoms with Gasteiger partial charge < -0.3 is 39.0 Å². The molecule has 1 heterocycles. The Kier molecular flexibility index (Phi) is 47.8. The fourth-order valence-corrected chi connectivity index (χ4v) is 9.08. The third-order valence-electron chi connectivity index (χ3n) is 13.8. The fraction of sp³-hybridized carbons (Fsp3) is 0.810. The van der Waals surface area contributed by atoms with E-state index >= 15 is 0 Å². The molecule has 434 valence electrons. The highest BCUT2D eigenvalue weighted by molar-refractivity contribution is 5.74. The minimum Gasteiger partial charge on any atom is -0.479 e. The molecule has 0 aromatic heterocycles. The molecule has 75 heavy (non-hydrogen) atoms. The molecule has 1 saturated heterocycles. The standard InChI is InChI=1S/C63H110O12/c1-4-7-10-13-16-19-22-24-26-27-28-29-31-32-35-37-40-43-46-49-55(64)71-52-54(73-56(65)50-47-44-41-39-36-33-30-25-23-20-17-14-11-8-5-2)53-72-63-61(59(68)58(67)60(75-63)62(69)70)74-57(66)51-48-45-42-38-34-21-18-15-12-9-6-3/h15,17-18,20,24-26,30,54,58-61,63,67-68H,4-14,16,19,21-23,27-29,31-53H2,1-3H3,(H,69,70)/b18-15-,20-17-,26-24-,30-25-. The summed E-state index contributed by atoms with van der Waals surface area (Å²) < 4.78 is 28.4. The van der Waals surface area contributed by atoms with Crippen LogP contribution in [0.5, 0.6) is 0 Å². The zero-order chi connectivity index (χ0) is 54.7. The van der Waals surface area contributed by atoms with Gasteiger partial charge in [0, 0.05) is 19.3 Å². The number of aliphatic carboxylic acids is 1. The monoisotopic (exact) mass is 1060 g/mol. The van der Waals surface area contributed by atoms with Gasteiger partial charge in [0.2, 0.25) is 0 Å². The Hall–Kier alpha value is -3.32. The van der Waals surface area contributed by atoms with Crippen molar-refractivity contribution in [3.8, 4) is 0 Å². The number of carboxylic acids is 1. The van der Waals surface area contributed by atoms with E-state index in [1.165, 1.54) is 116 Å². The average molecular weight is 1060 g/mol. The molecule has 0 radical (unpaired) electrons. The highest BCUT2D eigenvalue weighted by Crippen LogP contribution is 2.26. The molecule has 1 rings (SSSR count). The van der Waals surface area contributed by atoms with Crippen molar-refractivity contribution in [2.75, 3.05) is 13.2 Å². The van der Waals surface area contributed by atoms with E-state index < -0.39 is 67.3 Å². The van der Waals surface area contributed by atoms with E-state index in [-0.39, 0.29) is 25.9 Å². The largest absolute Gasteiger partial charge is 0.479 e. The van der Waals surface area contributed by atoms with Crippen LogP contribution in [0.1, 0.15) is 278 Å². The first-order valence-corrected chi connectivity index (χ1v) is 30.6. The Labute approximate surface area is 456 Å². The Bertz CT molecular complexity index is 1490. The summed E-state index contributed by atoms with van der Waals surface area (Å²) in [7, 11) is 0. The zero-order valence-corrected chi connectivity index (χ0v) is 47.8. The van der Waals surface area contributed by atoms with Crippen molar-refractivity contribution in [2.24, 2.45) is 0 Å². The van der Waals surface area contributed by atoms with Crippen LogP contribution in [0.15, 0.2) is 48.6 Å². The second kappa shape index (κ2) is 51.4. The Morgan fingerprint density at radius 2 is 0.813 bits per heavy atom. The molecule has 0 saturated carbocycles. The smallest absolute Gasteiger partial charge is 0.335 e. The van der Waals surface area contributed by atoms with E-state index in [1.807, 2.05) is 0 Å². The average Bonchev–Trinajstić information content (AvgIpc) is 3.39. The van der Waals surface area contributed by atoms with E-state index in [9.17, 15) is 34.5 Å². The summed E-state index contributed by atoms with van der Waals surface area (Å²) in [6, 6.07) is 0. The maximum Gasteiger partial charge on any atom is 0.335 e. The molecule has 0 spiro atoms. The molecule has 0 amide bonds. The van der Waals surface area contributed by atoms with Crippen molar-refractivity contribution in [2.45, 2.75) is 314 Å². The number of hydrogen-bond acceptors (Lipinski definition) is 11. The molecule has 3 N–H and O–H groups in total. The maximum atomic E-state index is 13.1. The van der Waals surface area contributed by atoms with Crippen LogP contribution in [0.2, 0.25) is 0 Å². The third kappa shape index (κ3) is 41.5. The van der Waals surface area contributed by atoms with Gasteiger partial charge >= 0.3 is 23.9 Å². The van der Waals surface area contributed by atoms with Gasteiger partial charge in [-0.25, -0.2) is 4.79 Å². The maximum absolute atomic E-state index is 13.1. The number of aliphatic hydroxyl groups excluding tert-OH is 2. The van der Waals surface area contributed by atoms with E-state index in [4.69, 9.17) is 23.7 Å². The molecule has 1 aliphatic heterocycles. The molecule has 12 nitrogen and oxygen atoms in total. The highest BCUT2D eigenvalue weighted by atomic mass is 16.7. The lowest BCUT2D eigenvalue weighted by Gasteiger charge is -2.40. The molecular formula is C63H110O12. The number of carbonyl (C=O) groups excluding carboxylic acids is 3. The summed E-state index contributed by atoms with van der Waals surface area (Å²) in [5, 5.41) is 31.4. The van der Waals surface area contributed by atoms with E-state index in [0.29, 0.717) is 19.3 Å². The van der Waals surface area contributed by atoms with Crippen molar-refractivity contribution in [1.82, 2.24) is 0 Å². The van der Waals surface area contributed by atoms with Gasteiger partial charge in [-0.1, -0.05) is 211 Å². The van der Waals surface area contributed by atoms with Crippen LogP contribution >= 0.6 is 0 Å². The Balaban J connectivity index is 2.66. The van der Waals surface area contributed by atoms with E-state index in [2.05, 4.69) is 69.4 Å². The van der Waals surface area contributed by atoms with Crippen LogP contribution in [0.4, 0.5) is 0 Å². The van der Waals surface area contributed by atoms with Gasteiger partial charge in [-0.3, -0.25) is 14.4 Å². The van der Waals surface area contributed by atoms with Crippen molar-refractivity contribution < 1.29 is 58.2 Å². The zero-order valence-electron chi connectivity index (χ0n) is 47.8. The lowest BCUT2D eigenvalue weighted by Crippen LogP contribution is -2.61. The Morgan fingerprint density at radius 1 is 0.440 bits per heavy atom.